The zero-order chi connectivity index (χ0) is 24.0. The minimum atomic E-state index is -3.88. The summed E-state index contributed by atoms with van der Waals surface area (Å²) in [7, 11) is 2.11. The molecule has 1 saturated heterocycles. The molecule has 2 aromatic carbocycles. The quantitative estimate of drug-likeness (QED) is 0.590. The lowest BCUT2D eigenvalue weighted by molar-refractivity contribution is -0.126. The lowest BCUT2D eigenvalue weighted by atomic mass is 9.98. The zero-order valence-electron chi connectivity index (χ0n) is 19.3. The third-order valence-corrected chi connectivity index (χ3v) is 7.60. The van der Waals surface area contributed by atoms with Crippen LogP contribution in [0, 0.1) is 5.92 Å². The van der Waals surface area contributed by atoms with E-state index in [0.29, 0.717) is 36.6 Å². The first-order valence-corrected chi connectivity index (χ1v) is 12.0. The predicted molar refractivity (Wildman–Crippen MR) is 122 cm³/mol. The van der Waals surface area contributed by atoms with Crippen molar-refractivity contribution in [2.45, 2.75) is 24.3 Å². The van der Waals surface area contributed by atoms with Gasteiger partial charge in [-0.3, -0.25) is 4.79 Å². The number of benzene rings is 2. The standard InChI is InChI=1S/C23H30N2O7S/c1-29-17-10-11-21(32-4)22(13-17)33(27,28)25-12-6-7-16(15-25)23(26)24-14-18-19(30-2)8-5-9-20(18)31-3/h5,8-11,13,16H,6-7,12,14-15H2,1-4H3,(H,24,26)/t16-/m0/s1. The van der Waals surface area contributed by atoms with Gasteiger partial charge in [-0.25, -0.2) is 8.42 Å². The number of amides is 1. The molecule has 0 saturated carbocycles. The van der Waals surface area contributed by atoms with Crippen LogP contribution in [0.25, 0.3) is 0 Å². The van der Waals surface area contributed by atoms with Gasteiger partial charge in [0.2, 0.25) is 15.9 Å². The number of rotatable bonds is 9. The predicted octanol–water partition coefficient (Wildman–Crippen LogP) is 2.44. The van der Waals surface area contributed by atoms with Crippen molar-refractivity contribution < 1.29 is 32.2 Å². The van der Waals surface area contributed by atoms with E-state index in [2.05, 4.69) is 5.32 Å². The smallest absolute Gasteiger partial charge is 0.246 e. The number of carbonyl (C=O) groups excluding carboxylic acids is 1. The Hall–Kier alpha value is -2.98. The van der Waals surface area contributed by atoms with Crippen molar-refractivity contribution in [3.05, 3.63) is 42.0 Å². The first-order valence-electron chi connectivity index (χ1n) is 10.6. The van der Waals surface area contributed by atoms with E-state index in [1.807, 2.05) is 0 Å². The fourth-order valence-electron chi connectivity index (χ4n) is 3.92. The number of nitrogens with one attached hydrogen (secondary N) is 1. The lowest BCUT2D eigenvalue weighted by Crippen LogP contribution is -2.45. The van der Waals surface area contributed by atoms with E-state index in [1.54, 1.807) is 44.6 Å². The molecule has 0 spiro atoms. The molecule has 2 aromatic rings. The summed E-state index contributed by atoms with van der Waals surface area (Å²) in [6, 6.07) is 10.0. The van der Waals surface area contributed by atoms with Crippen molar-refractivity contribution in [1.29, 1.82) is 0 Å². The second kappa shape index (κ2) is 10.8. The van der Waals surface area contributed by atoms with Crippen LogP contribution < -0.4 is 24.3 Å². The van der Waals surface area contributed by atoms with Gasteiger partial charge in [-0.05, 0) is 37.1 Å². The van der Waals surface area contributed by atoms with Crippen LogP contribution >= 0.6 is 0 Å². The summed E-state index contributed by atoms with van der Waals surface area (Å²) >= 11 is 0. The van der Waals surface area contributed by atoms with Gasteiger partial charge in [-0.15, -0.1) is 0 Å². The molecule has 1 amide bonds. The second-order valence-corrected chi connectivity index (χ2v) is 9.48. The molecule has 9 nitrogen and oxygen atoms in total. The van der Waals surface area contributed by atoms with Crippen LogP contribution in [0.15, 0.2) is 41.3 Å². The van der Waals surface area contributed by atoms with Crippen LogP contribution in [-0.2, 0) is 21.4 Å². The SMILES string of the molecule is COc1ccc(OC)c(S(=O)(=O)N2CCC[C@H](C(=O)NCc3c(OC)cccc3OC)C2)c1. The molecule has 0 radical (unpaired) electrons. The Balaban J connectivity index is 1.75. The van der Waals surface area contributed by atoms with Crippen LogP contribution in [0.2, 0.25) is 0 Å². The molecule has 1 aliphatic heterocycles. The molecule has 1 heterocycles. The summed E-state index contributed by atoms with van der Waals surface area (Å²) < 4.78 is 49.3. The molecule has 0 unspecified atom stereocenters. The number of ether oxygens (including phenoxy) is 4. The van der Waals surface area contributed by atoms with Crippen LogP contribution in [0.5, 0.6) is 23.0 Å². The Morgan fingerprint density at radius 2 is 1.67 bits per heavy atom. The fourth-order valence-corrected chi connectivity index (χ4v) is 5.62. The first-order chi connectivity index (χ1) is 15.8. The Kier molecular flexibility index (Phi) is 8.04. The average Bonchev–Trinajstić information content (AvgIpc) is 2.86. The highest BCUT2D eigenvalue weighted by atomic mass is 32.2. The third-order valence-electron chi connectivity index (χ3n) is 5.71. The van der Waals surface area contributed by atoms with Gasteiger partial charge in [-0.2, -0.15) is 4.31 Å². The first kappa shape index (κ1) is 24.7. The normalized spacial score (nSPS) is 16.7. The van der Waals surface area contributed by atoms with Gasteiger partial charge in [-0.1, -0.05) is 6.07 Å². The maximum Gasteiger partial charge on any atom is 0.246 e. The number of hydrogen-bond acceptors (Lipinski definition) is 7. The summed E-state index contributed by atoms with van der Waals surface area (Å²) in [5, 5.41) is 2.91. The molecule has 1 atom stereocenters. The van der Waals surface area contributed by atoms with E-state index in [-0.39, 0.29) is 29.6 Å². The number of piperidine rings is 1. The summed E-state index contributed by atoms with van der Waals surface area (Å²) in [5.74, 6) is 1.14. The molecule has 0 aliphatic carbocycles. The molecule has 0 bridgehead atoms. The maximum absolute atomic E-state index is 13.4. The fraction of sp³-hybridized carbons (Fsp3) is 0.435. The number of hydrogen-bond donors (Lipinski definition) is 1. The molecule has 180 valence electrons. The maximum atomic E-state index is 13.4. The van der Waals surface area contributed by atoms with Gasteiger partial charge in [0.1, 0.15) is 27.9 Å². The lowest BCUT2D eigenvalue weighted by Gasteiger charge is -2.31. The Bertz CT molecular complexity index is 1070. The van der Waals surface area contributed by atoms with Crippen molar-refractivity contribution in [3.8, 4) is 23.0 Å². The number of sulfonamides is 1. The topological polar surface area (TPSA) is 103 Å². The highest BCUT2D eigenvalue weighted by Crippen LogP contribution is 2.33. The second-order valence-electron chi connectivity index (χ2n) is 7.58. The van der Waals surface area contributed by atoms with Gasteiger partial charge >= 0.3 is 0 Å². The number of nitrogens with zero attached hydrogens (tertiary/aromatic N) is 1. The molecule has 1 N–H and O–H groups in total. The highest BCUT2D eigenvalue weighted by molar-refractivity contribution is 7.89. The van der Waals surface area contributed by atoms with E-state index < -0.39 is 15.9 Å². The van der Waals surface area contributed by atoms with Crippen molar-refractivity contribution in [2.24, 2.45) is 5.92 Å². The summed E-state index contributed by atoms with van der Waals surface area (Å²) in [5.41, 5.74) is 0.720. The zero-order valence-corrected chi connectivity index (χ0v) is 20.1. The summed E-state index contributed by atoms with van der Waals surface area (Å²) in [4.78, 5) is 13.0. The van der Waals surface area contributed by atoms with E-state index in [4.69, 9.17) is 18.9 Å². The van der Waals surface area contributed by atoms with Gasteiger partial charge in [0.25, 0.3) is 0 Å². The summed E-state index contributed by atoms with van der Waals surface area (Å²) in [6.45, 7) is 0.614. The molecule has 10 heteroatoms. The van der Waals surface area contributed by atoms with Crippen LogP contribution in [0.3, 0.4) is 0 Å². The van der Waals surface area contributed by atoms with Gasteiger partial charge < -0.3 is 24.3 Å². The van der Waals surface area contributed by atoms with Crippen LogP contribution in [0.4, 0.5) is 0 Å². The molecule has 1 aliphatic rings. The van der Waals surface area contributed by atoms with Crippen molar-refractivity contribution in [1.82, 2.24) is 9.62 Å². The van der Waals surface area contributed by atoms with Gasteiger partial charge in [0.05, 0.1) is 46.5 Å². The van der Waals surface area contributed by atoms with Crippen molar-refractivity contribution >= 4 is 15.9 Å². The van der Waals surface area contributed by atoms with Gasteiger partial charge in [0, 0.05) is 19.2 Å². The van der Waals surface area contributed by atoms with Crippen molar-refractivity contribution in [2.75, 3.05) is 41.5 Å². The Morgan fingerprint density at radius 1 is 1.00 bits per heavy atom. The molecule has 0 aromatic heterocycles. The Morgan fingerprint density at radius 3 is 2.27 bits per heavy atom. The molecule has 1 fully saturated rings. The van der Waals surface area contributed by atoms with Gasteiger partial charge in [0.15, 0.2) is 0 Å². The molecule has 3 rings (SSSR count). The number of methoxy groups -OCH3 is 4. The molecular formula is C23H30N2O7S. The molecule has 33 heavy (non-hydrogen) atoms. The average molecular weight is 479 g/mol. The largest absolute Gasteiger partial charge is 0.497 e. The third kappa shape index (κ3) is 5.33. The number of carbonyl (C=O) groups is 1. The van der Waals surface area contributed by atoms with E-state index in [9.17, 15) is 13.2 Å². The van der Waals surface area contributed by atoms with E-state index in [0.717, 1.165) is 5.56 Å². The summed E-state index contributed by atoms with van der Waals surface area (Å²) in [6.07, 6.45) is 1.16. The van der Waals surface area contributed by atoms with E-state index in [1.165, 1.54) is 24.6 Å². The monoisotopic (exact) mass is 478 g/mol. The van der Waals surface area contributed by atoms with Crippen molar-refractivity contribution in [3.63, 3.8) is 0 Å². The van der Waals surface area contributed by atoms with Crippen LogP contribution in [-0.4, -0.2) is 60.2 Å². The minimum absolute atomic E-state index is 0.0177. The highest BCUT2D eigenvalue weighted by Gasteiger charge is 2.35. The minimum Gasteiger partial charge on any atom is -0.497 e. The van der Waals surface area contributed by atoms with E-state index >= 15 is 0 Å². The Labute approximate surface area is 194 Å². The van der Waals surface area contributed by atoms with Crippen LogP contribution in [0.1, 0.15) is 18.4 Å². The molecular weight excluding hydrogens is 448 g/mol.